The van der Waals surface area contributed by atoms with Crippen LogP contribution >= 0.6 is 0 Å². The minimum absolute atomic E-state index is 0.0248. The molecule has 1 aliphatic heterocycles. The standard InChI is InChI=1S/C15H23N3O/c1-3-6-17-15(19)13-4-5-14(12(2)11-13)18-9-7-16-8-10-18/h4-5,11,16H,3,6-10H2,1-2H3,(H,17,19). The van der Waals surface area contributed by atoms with Crippen molar-refractivity contribution in [3.63, 3.8) is 0 Å². The Morgan fingerprint density at radius 3 is 2.74 bits per heavy atom. The third kappa shape index (κ3) is 3.47. The second-order valence-corrected chi connectivity index (χ2v) is 4.99. The van der Waals surface area contributed by atoms with Crippen LogP contribution in [0.25, 0.3) is 0 Å². The second kappa shape index (κ2) is 6.57. The van der Waals surface area contributed by atoms with Gasteiger partial charge in [0.15, 0.2) is 0 Å². The first-order chi connectivity index (χ1) is 9.22. The van der Waals surface area contributed by atoms with E-state index < -0.39 is 0 Å². The molecule has 4 heteroatoms. The van der Waals surface area contributed by atoms with Crippen LogP contribution in [0.5, 0.6) is 0 Å². The Kier molecular flexibility index (Phi) is 4.80. The van der Waals surface area contributed by atoms with Crippen LogP contribution in [0.1, 0.15) is 29.3 Å². The number of nitrogens with zero attached hydrogens (tertiary/aromatic N) is 1. The lowest BCUT2D eigenvalue weighted by molar-refractivity contribution is 0.0953. The summed E-state index contributed by atoms with van der Waals surface area (Å²) in [5.74, 6) is 0.0248. The van der Waals surface area contributed by atoms with Crippen LogP contribution in [0.4, 0.5) is 5.69 Å². The van der Waals surface area contributed by atoms with Crippen molar-refractivity contribution in [2.24, 2.45) is 0 Å². The molecule has 19 heavy (non-hydrogen) atoms. The Morgan fingerprint density at radius 2 is 2.11 bits per heavy atom. The number of anilines is 1. The highest BCUT2D eigenvalue weighted by molar-refractivity contribution is 5.94. The molecule has 0 aromatic heterocycles. The van der Waals surface area contributed by atoms with E-state index in [2.05, 4.69) is 35.4 Å². The number of carbonyl (C=O) groups is 1. The molecule has 1 aliphatic rings. The summed E-state index contributed by atoms with van der Waals surface area (Å²) in [6, 6.07) is 5.99. The largest absolute Gasteiger partial charge is 0.369 e. The van der Waals surface area contributed by atoms with E-state index in [4.69, 9.17) is 0 Å². The maximum Gasteiger partial charge on any atom is 0.251 e. The lowest BCUT2D eigenvalue weighted by Gasteiger charge is -2.30. The Balaban J connectivity index is 2.10. The topological polar surface area (TPSA) is 44.4 Å². The van der Waals surface area contributed by atoms with Gasteiger partial charge in [-0.1, -0.05) is 6.92 Å². The first-order valence-electron chi connectivity index (χ1n) is 7.07. The zero-order valence-electron chi connectivity index (χ0n) is 11.8. The van der Waals surface area contributed by atoms with Crippen LogP contribution in [0.15, 0.2) is 18.2 Å². The Bertz CT molecular complexity index is 439. The van der Waals surface area contributed by atoms with Gasteiger partial charge >= 0.3 is 0 Å². The van der Waals surface area contributed by atoms with E-state index in [1.54, 1.807) is 0 Å². The average molecular weight is 261 g/mol. The van der Waals surface area contributed by atoms with Crippen LogP contribution < -0.4 is 15.5 Å². The first kappa shape index (κ1) is 13.9. The van der Waals surface area contributed by atoms with E-state index >= 15 is 0 Å². The molecular formula is C15H23N3O. The molecule has 0 radical (unpaired) electrons. The van der Waals surface area contributed by atoms with E-state index in [9.17, 15) is 4.79 Å². The van der Waals surface area contributed by atoms with Gasteiger partial charge in [-0.15, -0.1) is 0 Å². The molecule has 0 saturated carbocycles. The normalized spacial score (nSPS) is 15.4. The lowest BCUT2D eigenvalue weighted by atomic mass is 10.1. The summed E-state index contributed by atoms with van der Waals surface area (Å²) in [6.07, 6.45) is 0.962. The molecule has 4 nitrogen and oxygen atoms in total. The van der Waals surface area contributed by atoms with Crippen molar-refractivity contribution in [1.29, 1.82) is 0 Å². The SMILES string of the molecule is CCCNC(=O)c1ccc(N2CCNCC2)c(C)c1. The van der Waals surface area contributed by atoms with Gasteiger partial charge < -0.3 is 15.5 Å². The summed E-state index contributed by atoms with van der Waals surface area (Å²) in [5.41, 5.74) is 3.17. The van der Waals surface area contributed by atoms with Crippen molar-refractivity contribution < 1.29 is 4.79 Å². The Labute approximate surface area is 115 Å². The second-order valence-electron chi connectivity index (χ2n) is 4.99. The average Bonchev–Trinajstić information content (AvgIpc) is 2.45. The van der Waals surface area contributed by atoms with E-state index in [-0.39, 0.29) is 5.91 Å². The first-order valence-corrected chi connectivity index (χ1v) is 7.07. The molecule has 0 atom stereocenters. The van der Waals surface area contributed by atoms with Crippen LogP contribution in [0, 0.1) is 6.92 Å². The fourth-order valence-electron chi connectivity index (χ4n) is 2.40. The summed E-state index contributed by atoms with van der Waals surface area (Å²) in [7, 11) is 0. The minimum Gasteiger partial charge on any atom is -0.369 e. The molecule has 0 unspecified atom stereocenters. The minimum atomic E-state index is 0.0248. The van der Waals surface area contributed by atoms with Gasteiger partial charge in [0.1, 0.15) is 0 Å². The molecule has 1 fully saturated rings. The highest BCUT2D eigenvalue weighted by atomic mass is 16.1. The maximum absolute atomic E-state index is 11.9. The van der Waals surface area contributed by atoms with Crippen LogP contribution in [0.3, 0.4) is 0 Å². The summed E-state index contributed by atoms with van der Waals surface area (Å²) in [4.78, 5) is 14.3. The van der Waals surface area contributed by atoms with Crippen molar-refractivity contribution in [2.45, 2.75) is 20.3 Å². The fraction of sp³-hybridized carbons (Fsp3) is 0.533. The molecule has 0 aliphatic carbocycles. The highest BCUT2D eigenvalue weighted by Crippen LogP contribution is 2.21. The van der Waals surface area contributed by atoms with Crippen LogP contribution in [-0.2, 0) is 0 Å². The number of rotatable bonds is 4. The van der Waals surface area contributed by atoms with Crippen molar-refractivity contribution >= 4 is 11.6 Å². The number of piperazine rings is 1. The molecule has 1 saturated heterocycles. The van der Waals surface area contributed by atoms with E-state index in [1.165, 1.54) is 11.3 Å². The number of amides is 1. The van der Waals surface area contributed by atoms with Gasteiger partial charge in [-0.3, -0.25) is 4.79 Å². The summed E-state index contributed by atoms with van der Waals surface area (Å²) < 4.78 is 0. The quantitative estimate of drug-likeness (QED) is 0.864. The fourth-order valence-corrected chi connectivity index (χ4v) is 2.40. The molecule has 1 heterocycles. The summed E-state index contributed by atoms with van der Waals surface area (Å²) in [5, 5.41) is 6.26. The molecule has 0 spiro atoms. The monoisotopic (exact) mass is 261 g/mol. The van der Waals surface area contributed by atoms with E-state index in [0.29, 0.717) is 0 Å². The predicted octanol–water partition coefficient (Wildman–Crippen LogP) is 1.54. The van der Waals surface area contributed by atoms with Crippen LogP contribution in [0.2, 0.25) is 0 Å². The number of benzene rings is 1. The molecule has 0 bridgehead atoms. The zero-order valence-corrected chi connectivity index (χ0v) is 11.8. The third-order valence-electron chi connectivity index (χ3n) is 3.45. The lowest BCUT2D eigenvalue weighted by Crippen LogP contribution is -2.43. The number of hydrogen-bond donors (Lipinski definition) is 2. The van der Waals surface area contributed by atoms with E-state index in [0.717, 1.165) is 44.7 Å². The van der Waals surface area contributed by atoms with Crippen molar-refractivity contribution in [3.05, 3.63) is 29.3 Å². The molecule has 1 aromatic rings. The zero-order chi connectivity index (χ0) is 13.7. The van der Waals surface area contributed by atoms with Gasteiger partial charge in [0, 0.05) is 44.0 Å². The number of aryl methyl sites for hydroxylation is 1. The summed E-state index contributed by atoms with van der Waals surface area (Å²) in [6.45, 7) is 8.98. The Morgan fingerprint density at radius 1 is 1.37 bits per heavy atom. The van der Waals surface area contributed by atoms with Crippen LogP contribution in [-0.4, -0.2) is 38.6 Å². The third-order valence-corrected chi connectivity index (χ3v) is 3.45. The van der Waals surface area contributed by atoms with Crippen molar-refractivity contribution in [3.8, 4) is 0 Å². The van der Waals surface area contributed by atoms with E-state index in [1.807, 2.05) is 12.1 Å². The molecular weight excluding hydrogens is 238 g/mol. The van der Waals surface area contributed by atoms with Gasteiger partial charge in [0.25, 0.3) is 5.91 Å². The van der Waals surface area contributed by atoms with Gasteiger partial charge in [0.2, 0.25) is 0 Å². The van der Waals surface area contributed by atoms with Gasteiger partial charge in [-0.05, 0) is 37.1 Å². The molecule has 1 aromatic carbocycles. The number of nitrogens with one attached hydrogen (secondary N) is 2. The molecule has 104 valence electrons. The number of hydrogen-bond acceptors (Lipinski definition) is 3. The predicted molar refractivity (Wildman–Crippen MR) is 78.9 cm³/mol. The maximum atomic E-state index is 11.9. The molecule has 2 rings (SSSR count). The molecule has 2 N–H and O–H groups in total. The summed E-state index contributed by atoms with van der Waals surface area (Å²) >= 11 is 0. The van der Waals surface area contributed by atoms with Gasteiger partial charge in [-0.25, -0.2) is 0 Å². The van der Waals surface area contributed by atoms with Gasteiger partial charge in [0.05, 0.1) is 0 Å². The Hall–Kier alpha value is -1.55. The molecule has 1 amide bonds. The smallest absolute Gasteiger partial charge is 0.251 e. The van der Waals surface area contributed by atoms with Crippen molar-refractivity contribution in [2.75, 3.05) is 37.6 Å². The van der Waals surface area contributed by atoms with Gasteiger partial charge in [-0.2, -0.15) is 0 Å². The highest BCUT2D eigenvalue weighted by Gasteiger charge is 2.14. The number of carbonyl (C=O) groups excluding carboxylic acids is 1. The van der Waals surface area contributed by atoms with Crippen molar-refractivity contribution in [1.82, 2.24) is 10.6 Å².